The van der Waals surface area contributed by atoms with E-state index in [0.29, 0.717) is 12.5 Å². The highest BCUT2D eigenvalue weighted by molar-refractivity contribution is 5.35. The van der Waals surface area contributed by atoms with Gasteiger partial charge in [0.15, 0.2) is 5.82 Å². The van der Waals surface area contributed by atoms with Gasteiger partial charge in [0.2, 0.25) is 11.8 Å². The third kappa shape index (κ3) is 1.51. The van der Waals surface area contributed by atoms with E-state index >= 15 is 0 Å². The molecule has 6 nitrogen and oxygen atoms in total. The summed E-state index contributed by atoms with van der Waals surface area (Å²) in [4.78, 5) is 10.9. The quantitative estimate of drug-likeness (QED) is 0.793. The second-order valence-corrected chi connectivity index (χ2v) is 4.67. The summed E-state index contributed by atoms with van der Waals surface area (Å²) in [6.07, 6.45) is 6.21. The molecule has 2 aromatic rings. The number of rotatable bonds is 3. The lowest BCUT2D eigenvalue weighted by Crippen LogP contribution is -2.21. The van der Waals surface area contributed by atoms with Gasteiger partial charge in [-0.05, 0) is 12.8 Å². The summed E-state index contributed by atoms with van der Waals surface area (Å²) in [7, 11) is 0. The summed E-state index contributed by atoms with van der Waals surface area (Å²) in [5, 5.41) is 4.03. The number of hydrogen-bond acceptors (Lipinski definition) is 5. The molecule has 0 spiro atoms. The van der Waals surface area contributed by atoms with E-state index in [1.165, 1.54) is 12.8 Å². The van der Waals surface area contributed by atoms with E-state index in [1.54, 1.807) is 0 Å². The van der Waals surface area contributed by atoms with Crippen molar-refractivity contribution in [2.75, 3.05) is 11.4 Å². The van der Waals surface area contributed by atoms with Crippen molar-refractivity contribution in [2.24, 2.45) is 0 Å². The molecule has 2 aromatic heterocycles. The molecule has 0 amide bonds. The Morgan fingerprint density at radius 1 is 1.35 bits per heavy atom. The van der Waals surface area contributed by atoms with Crippen LogP contribution in [0.2, 0.25) is 0 Å². The topological polar surface area (TPSA) is 60.0 Å². The number of anilines is 1. The zero-order valence-electron chi connectivity index (χ0n) is 9.41. The van der Waals surface area contributed by atoms with Gasteiger partial charge in [-0.25, -0.2) is 4.98 Å². The van der Waals surface area contributed by atoms with Gasteiger partial charge < -0.3 is 14.0 Å². The first-order valence-corrected chi connectivity index (χ1v) is 5.99. The Kier molecular flexibility index (Phi) is 1.80. The molecule has 0 aromatic carbocycles. The fourth-order valence-electron chi connectivity index (χ4n) is 2.24. The Bertz CT molecular complexity index is 542. The van der Waals surface area contributed by atoms with Crippen LogP contribution in [0, 0.1) is 0 Å². The Balaban J connectivity index is 1.53. The molecule has 4 rings (SSSR count). The van der Waals surface area contributed by atoms with Gasteiger partial charge in [-0.3, -0.25) is 0 Å². The number of hydrogen-bond donors (Lipinski definition) is 0. The van der Waals surface area contributed by atoms with Crippen molar-refractivity contribution in [1.82, 2.24) is 19.7 Å². The molecule has 0 atom stereocenters. The van der Waals surface area contributed by atoms with Crippen molar-refractivity contribution < 1.29 is 4.52 Å². The van der Waals surface area contributed by atoms with Gasteiger partial charge in [-0.1, -0.05) is 5.16 Å². The van der Waals surface area contributed by atoms with Gasteiger partial charge in [-0.2, -0.15) is 4.98 Å². The highest BCUT2D eigenvalue weighted by Crippen LogP contribution is 2.38. The molecule has 0 unspecified atom stereocenters. The number of aromatic nitrogens is 4. The summed E-state index contributed by atoms with van der Waals surface area (Å²) in [5.41, 5.74) is 0. The molecule has 1 fully saturated rings. The van der Waals surface area contributed by atoms with Crippen molar-refractivity contribution in [3.8, 4) is 0 Å². The third-order valence-corrected chi connectivity index (χ3v) is 3.33. The standard InChI is InChI=1S/C11H13N5O/c1-2-8(1)10-13-9(14-17-10)7-16-6-5-15-4-3-12-11(15)16/h3-4,8H,1-2,5-7H2. The van der Waals surface area contributed by atoms with Gasteiger partial charge in [-0.15, -0.1) is 0 Å². The monoisotopic (exact) mass is 231 g/mol. The van der Waals surface area contributed by atoms with E-state index in [4.69, 9.17) is 4.52 Å². The summed E-state index contributed by atoms with van der Waals surface area (Å²) >= 11 is 0. The van der Waals surface area contributed by atoms with Crippen LogP contribution in [0.3, 0.4) is 0 Å². The maximum absolute atomic E-state index is 5.25. The third-order valence-electron chi connectivity index (χ3n) is 3.33. The first-order chi connectivity index (χ1) is 8.40. The average Bonchev–Trinajstić information content (AvgIpc) is 2.78. The van der Waals surface area contributed by atoms with Crippen molar-refractivity contribution in [3.63, 3.8) is 0 Å². The van der Waals surface area contributed by atoms with Crippen LogP contribution in [-0.4, -0.2) is 26.2 Å². The lowest BCUT2D eigenvalue weighted by Gasteiger charge is -2.12. The zero-order chi connectivity index (χ0) is 11.2. The first kappa shape index (κ1) is 9.21. The summed E-state index contributed by atoms with van der Waals surface area (Å²) < 4.78 is 7.39. The van der Waals surface area contributed by atoms with E-state index in [2.05, 4.69) is 24.6 Å². The van der Waals surface area contributed by atoms with Gasteiger partial charge in [0.25, 0.3) is 0 Å². The van der Waals surface area contributed by atoms with Crippen molar-refractivity contribution in [2.45, 2.75) is 31.8 Å². The Hall–Kier alpha value is -1.85. The second-order valence-electron chi connectivity index (χ2n) is 4.67. The highest BCUT2D eigenvalue weighted by Gasteiger charge is 2.30. The van der Waals surface area contributed by atoms with Crippen LogP contribution in [0.1, 0.15) is 30.5 Å². The van der Waals surface area contributed by atoms with E-state index < -0.39 is 0 Å². The second kappa shape index (κ2) is 3.32. The molecule has 0 radical (unpaired) electrons. The van der Waals surface area contributed by atoms with Gasteiger partial charge in [0.1, 0.15) is 0 Å². The van der Waals surface area contributed by atoms with Crippen LogP contribution in [0.4, 0.5) is 5.95 Å². The summed E-state index contributed by atoms with van der Waals surface area (Å²) in [6.45, 7) is 2.65. The molecule has 0 saturated heterocycles. The van der Waals surface area contributed by atoms with Crippen LogP contribution >= 0.6 is 0 Å². The molecule has 3 heterocycles. The number of imidazole rings is 1. The Labute approximate surface area is 98.3 Å². The maximum Gasteiger partial charge on any atom is 0.229 e. The predicted octanol–water partition coefficient (Wildman–Crippen LogP) is 1.16. The van der Waals surface area contributed by atoms with Gasteiger partial charge in [0.05, 0.1) is 6.54 Å². The van der Waals surface area contributed by atoms with E-state index in [1.807, 2.05) is 12.4 Å². The zero-order valence-corrected chi connectivity index (χ0v) is 9.41. The smallest absolute Gasteiger partial charge is 0.229 e. The van der Waals surface area contributed by atoms with Crippen molar-refractivity contribution >= 4 is 5.95 Å². The van der Waals surface area contributed by atoms with E-state index in [0.717, 1.165) is 30.8 Å². The fraction of sp³-hybridized carbons (Fsp3) is 0.545. The van der Waals surface area contributed by atoms with Crippen LogP contribution < -0.4 is 4.90 Å². The largest absolute Gasteiger partial charge is 0.339 e. The van der Waals surface area contributed by atoms with E-state index in [-0.39, 0.29) is 0 Å². The van der Waals surface area contributed by atoms with Crippen molar-refractivity contribution in [1.29, 1.82) is 0 Å². The first-order valence-electron chi connectivity index (χ1n) is 5.99. The molecular formula is C11H13N5O. The Morgan fingerprint density at radius 3 is 3.18 bits per heavy atom. The molecule has 1 aliphatic carbocycles. The molecule has 0 N–H and O–H groups in total. The minimum absolute atomic E-state index is 0.525. The molecule has 6 heteroatoms. The van der Waals surface area contributed by atoms with Crippen LogP contribution in [-0.2, 0) is 13.1 Å². The van der Waals surface area contributed by atoms with Crippen molar-refractivity contribution in [3.05, 3.63) is 24.1 Å². The predicted molar refractivity (Wildman–Crippen MR) is 59.6 cm³/mol. The molecule has 88 valence electrons. The SMILES string of the molecule is c1cn2c(n1)N(Cc1noc(C3CC3)n1)CC2. The lowest BCUT2D eigenvalue weighted by molar-refractivity contribution is 0.374. The van der Waals surface area contributed by atoms with Gasteiger partial charge in [0, 0.05) is 31.4 Å². The minimum Gasteiger partial charge on any atom is -0.339 e. The molecule has 0 bridgehead atoms. The van der Waals surface area contributed by atoms with Crippen LogP contribution in [0.25, 0.3) is 0 Å². The molecule has 2 aliphatic rings. The minimum atomic E-state index is 0.525. The molecule has 1 saturated carbocycles. The normalized spacial score (nSPS) is 18.7. The van der Waals surface area contributed by atoms with Crippen LogP contribution in [0.5, 0.6) is 0 Å². The molecule has 1 aliphatic heterocycles. The summed E-state index contributed by atoms with van der Waals surface area (Å²) in [6, 6.07) is 0. The van der Waals surface area contributed by atoms with E-state index in [9.17, 15) is 0 Å². The molecular weight excluding hydrogens is 218 g/mol. The number of fused-ring (bicyclic) bond motifs is 1. The maximum atomic E-state index is 5.25. The van der Waals surface area contributed by atoms with Gasteiger partial charge >= 0.3 is 0 Å². The van der Waals surface area contributed by atoms with Crippen LogP contribution in [0.15, 0.2) is 16.9 Å². The lowest BCUT2D eigenvalue weighted by atomic mass is 10.4. The Morgan fingerprint density at radius 2 is 2.29 bits per heavy atom. The highest BCUT2D eigenvalue weighted by atomic mass is 16.5. The molecule has 17 heavy (non-hydrogen) atoms. The number of nitrogens with zero attached hydrogens (tertiary/aromatic N) is 5. The average molecular weight is 231 g/mol. The summed E-state index contributed by atoms with van der Waals surface area (Å²) in [5.74, 6) is 3.10. The fourth-order valence-corrected chi connectivity index (χ4v) is 2.24.